The van der Waals surface area contributed by atoms with Gasteiger partial charge in [0, 0.05) is 24.0 Å². The molecule has 1 aliphatic heterocycles. The van der Waals surface area contributed by atoms with E-state index < -0.39 is 23.5 Å². The molecule has 4 rings (SSSR count). The Labute approximate surface area is 182 Å². The lowest BCUT2D eigenvalue weighted by Gasteiger charge is -2.26. The molecule has 0 unspecified atom stereocenters. The molecule has 1 atom stereocenters. The van der Waals surface area contributed by atoms with E-state index in [2.05, 4.69) is 9.97 Å². The molecule has 1 aromatic carbocycles. The Balaban J connectivity index is 1.81. The van der Waals surface area contributed by atoms with Crippen molar-refractivity contribution in [3.63, 3.8) is 0 Å². The van der Waals surface area contributed by atoms with Gasteiger partial charge in [-0.25, -0.2) is 4.98 Å². The van der Waals surface area contributed by atoms with Crippen molar-refractivity contribution in [3.05, 3.63) is 91.9 Å². The van der Waals surface area contributed by atoms with Crippen LogP contribution < -0.4 is 0 Å². The zero-order valence-corrected chi connectivity index (χ0v) is 17.9. The molecular formula is C22H18ClN3O3S. The first-order valence-electron chi connectivity index (χ1n) is 9.24. The summed E-state index contributed by atoms with van der Waals surface area (Å²) in [5, 5.41) is 12.0. The predicted octanol–water partition coefficient (Wildman–Crippen LogP) is 4.59. The number of aryl methyl sites for hydroxylation is 2. The number of halogens is 1. The zero-order chi connectivity index (χ0) is 21.4. The summed E-state index contributed by atoms with van der Waals surface area (Å²) in [6.07, 6.45) is 3.30. The van der Waals surface area contributed by atoms with Gasteiger partial charge in [-0.15, -0.1) is 11.3 Å². The fraction of sp³-hybridized carbons (Fsp3) is 0.182. The van der Waals surface area contributed by atoms with E-state index in [1.165, 1.54) is 16.2 Å². The number of rotatable bonds is 5. The Morgan fingerprint density at radius 2 is 1.97 bits per heavy atom. The van der Waals surface area contributed by atoms with Crippen LogP contribution in [0.25, 0.3) is 0 Å². The van der Waals surface area contributed by atoms with Gasteiger partial charge in [0.05, 0.1) is 27.2 Å². The molecule has 0 spiro atoms. The highest BCUT2D eigenvalue weighted by molar-refractivity contribution is 7.14. The number of aliphatic hydroxyl groups excluding tert-OH is 1. The molecule has 8 heteroatoms. The Morgan fingerprint density at radius 3 is 2.57 bits per heavy atom. The van der Waals surface area contributed by atoms with Crippen LogP contribution in [-0.2, 0) is 11.3 Å². The minimum absolute atomic E-state index is 0.0537. The van der Waals surface area contributed by atoms with Crippen LogP contribution in [-0.4, -0.2) is 31.7 Å². The molecule has 3 aromatic rings. The maximum absolute atomic E-state index is 13.4. The molecular weight excluding hydrogens is 422 g/mol. The van der Waals surface area contributed by atoms with Crippen LogP contribution >= 0.6 is 22.9 Å². The molecule has 3 heterocycles. The first-order chi connectivity index (χ1) is 14.4. The van der Waals surface area contributed by atoms with E-state index in [-0.39, 0.29) is 12.1 Å². The predicted molar refractivity (Wildman–Crippen MR) is 115 cm³/mol. The number of hydrogen-bond donors (Lipinski definition) is 1. The maximum atomic E-state index is 13.4. The topological polar surface area (TPSA) is 83.4 Å². The van der Waals surface area contributed by atoms with Gasteiger partial charge in [0.25, 0.3) is 5.91 Å². The highest BCUT2D eigenvalue weighted by Gasteiger charge is 2.44. The van der Waals surface area contributed by atoms with Crippen molar-refractivity contribution in [3.8, 4) is 0 Å². The third-order valence-corrected chi connectivity index (χ3v) is 6.24. The number of carbonyl (C=O) groups excluding carboxylic acids is 2. The summed E-state index contributed by atoms with van der Waals surface area (Å²) in [5.74, 6) is -1.52. The van der Waals surface area contributed by atoms with Crippen LogP contribution in [0.5, 0.6) is 0 Å². The summed E-state index contributed by atoms with van der Waals surface area (Å²) in [5.41, 5.74) is 2.10. The van der Waals surface area contributed by atoms with Crippen molar-refractivity contribution < 1.29 is 14.7 Å². The van der Waals surface area contributed by atoms with Crippen molar-refractivity contribution >= 4 is 34.6 Å². The molecule has 0 radical (unpaired) electrons. The summed E-state index contributed by atoms with van der Waals surface area (Å²) in [6, 6.07) is 9.78. The second-order valence-electron chi connectivity index (χ2n) is 6.99. The zero-order valence-electron chi connectivity index (χ0n) is 16.3. The number of nitrogens with zero attached hydrogens (tertiary/aromatic N) is 3. The lowest BCUT2D eigenvalue weighted by atomic mass is 9.95. The fourth-order valence-electron chi connectivity index (χ4n) is 3.59. The number of hydrogen-bond acceptors (Lipinski definition) is 6. The van der Waals surface area contributed by atoms with Crippen LogP contribution in [0.4, 0.5) is 0 Å². The lowest BCUT2D eigenvalue weighted by Crippen LogP contribution is -2.30. The van der Waals surface area contributed by atoms with Gasteiger partial charge in [-0.1, -0.05) is 29.8 Å². The summed E-state index contributed by atoms with van der Waals surface area (Å²) >= 11 is 7.29. The van der Waals surface area contributed by atoms with E-state index >= 15 is 0 Å². The second-order valence-corrected chi connectivity index (χ2v) is 8.63. The first kappa shape index (κ1) is 20.3. The Bertz CT molecular complexity index is 1160. The van der Waals surface area contributed by atoms with E-state index in [4.69, 9.17) is 11.6 Å². The molecule has 1 N–H and O–H groups in total. The summed E-state index contributed by atoms with van der Waals surface area (Å²) in [4.78, 5) is 36.7. The van der Waals surface area contributed by atoms with Crippen molar-refractivity contribution in [2.24, 2.45) is 0 Å². The number of carbonyl (C=O) groups is 2. The van der Waals surface area contributed by atoms with Gasteiger partial charge in [-0.3, -0.25) is 14.6 Å². The third-order valence-electron chi connectivity index (χ3n) is 4.92. The minimum atomic E-state index is -0.746. The normalized spacial score (nSPS) is 16.4. The number of Topliss-reactive ketones (excluding diaryl/α,β-unsaturated/α-hetero) is 1. The largest absolute Gasteiger partial charge is 0.503 e. The summed E-state index contributed by atoms with van der Waals surface area (Å²) < 4.78 is 0. The Morgan fingerprint density at radius 1 is 1.23 bits per heavy atom. The van der Waals surface area contributed by atoms with E-state index in [9.17, 15) is 14.7 Å². The van der Waals surface area contributed by atoms with E-state index in [1.54, 1.807) is 49.6 Å². The van der Waals surface area contributed by atoms with E-state index in [1.807, 2.05) is 13.0 Å². The first-order valence-corrected chi connectivity index (χ1v) is 10.4. The number of amides is 1. The molecule has 0 saturated heterocycles. The molecule has 6 nitrogen and oxygen atoms in total. The number of aromatic nitrogens is 2. The van der Waals surface area contributed by atoms with Crippen LogP contribution in [0, 0.1) is 13.8 Å². The maximum Gasteiger partial charge on any atom is 0.290 e. The molecule has 0 fully saturated rings. The van der Waals surface area contributed by atoms with Gasteiger partial charge < -0.3 is 10.0 Å². The van der Waals surface area contributed by atoms with Gasteiger partial charge in [0.2, 0.25) is 5.78 Å². The van der Waals surface area contributed by atoms with Crippen LogP contribution in [0.15, 0.2) is 60.1 Å². The molecule has 1 aliphatic rings. The Kier molecular flexibility index (Phi) is 5.40. The van der Waals surface area contributed by atoms with Crippen LogP contribution in [0.2, 0.25) is 5.02 Å². The Hall–Kier alpha value is -3.03. The molecule has 0 bridgehead atoms. The highest BCUT2D eigenvalue weighted by atomic mass is 35.5. The SMILES string of the molecule is Cc1nc(C)c(C(=O)C2=C(O)C(=O)N(Cc3cccnc3)[C@@H]2c2ccc(Cl)cc2)s1. The molecule has 1 amide bonds. The van der Waals surface area contributed by atoms with Crippen molar-refractivity contribution in [2.45, 2.75) is 26.4 Å². The average Bonchev–Trinajstić information content (AvgIpc) is 3.20. The van der Waals surface area contributed by atoms with Gasteiger partial charge in [-0.05, 0) is 43.2 Å². The standard InChI is InChI=1S/C22H18ClN3O3S/c1-12-21(30-13(2)25-12)19(27)17-18(15-5-7-16(23)8-6-15)26(22(29)20(17)28)11-14-4-3-9-24-10-14/h3-10,18,28H,11H2,1-2H3/t18-/m1/s1. The van der Waals surface area contributed by atoms with Gasteiger partial charge in [0.15, 0.2) is 5.76 Å². The van der Waals surface area contributed by atoms with Crippen LogP contribution in [0.3, 0.4) is 0 Å². The van der Waals surface area contributed by atoms with Gasteiger partial charge in [0.1, 0.15) is 0 Å². The molecule has 30 heavy (non-hydrogen) atoms. The molecule has 2 aromatic heterocycles. The number of pyridine rings is 1. The van der Waals surface area contributed by atoms with Gasteiger partial charge in [-0.2, -0.15) is 0 Å². The quantitative estimate of drug-likeness (QED) is 0.588. The number of thiazole rings is 1. The fourth-order valence-corrected chi connectivity index (χ4v) is 4.59. The number of ketones is 1. The summed E-state index contributed by atoms with van der Waals surface area (Å²) in [7, 11) is 0. The number of aliphatic hydroxyl groups is 1. The third kappa shape index (κ3) is 3.62. The van der Waals surface area contributed by atoms with Crippen molar-refractivity contribution in [1.82, 2.24) is 14.9 Å². The minimum Gasteiger partial charge on any atom is -0.503 e. The lowest BCUT2D eigenvalue weighted by molar-refractivity contribution is -0.130. The van der Waals surface area contributed by atoms with Crippen molar-refractivity contribution in [2.75, 3.05) is 0 Å². The average molecular weight is 440 g/mol. The van der Waals surface area contributed by atoms with Crippen molar-refractivity contribution in [1.29, 1.82) is 0 Å². The second kappa shape index (κ2) is 8.01. The molecule has 152 valence electrons. The molecule has 0 aliphatic carbocycles. The van der Waals surface area contributed by atoms with Crippen LogP contribution in [0.1, 0.15) is 37.5 Å². The van der Waals surface area contributed by atoms with Gasteiger partial charge >= 0.3 is 0 Å². The molecule has 0 saturated carbocycles. The monoisotopic (exact) mass is 439 g/mol. The smallest absolute Gasteiger partial charge is 0.290 e. The summed E-state index contributed by atoms with van der Waals surface area (Å²) in [6.45, 7) is 3.76. The number of benzene rings is 1. The van der Waals surface area contributed by atoms with E-state index in [0.717, 1.165) is 10.6 Å². The highest BCUT2D eigenvalue weighted by Crippen LogP contribution is 2.41. The van der Waals surface area contributed by atoms with E-state index in [0.29, 0.717) is 21.2 Å².